The van der Waals surface area contributed by atoms with E-state index in [1.54, 1.807) is 0 Å². The smallest absolute Gasteiger partial charge is 0.0498 e. The van der Waals surface area contributed by atoms with Gasteiger partial charge >= 0.3 is 0 Å². The molecule has 0 amide bonds. The van der Waals surface area contributed by atoms with Crippen LogP contribution in [0.25, 0.3) is 0 Å². The first kappa shape index (κ1) is 15.4. The summed E-state index contributed by atoms with van der Waals surface area (Å²) in [4.78, 5) is 0. The van der Waals surface area contributed by atoms with Gasteiger partial charge in [-0.25, -0.2) is 0 Å². The Morgan fingerprint density at radius 1 is 1.05 bits per heavy atom. The van der Waals surface area contributed by atoms with Crippen molar-refractivity contribution in [1.82, 2.24) is 0 Å². The summed E-state index contributed by atoms with van der Waals surface area (Å²) >= 11 is 7.18. The summed E-state index contributed by atoms with van der Waals surface area (Å²) in [5.41, 5.74) is 2.02. The molecule has 0 spiro atoms. The Morgan fingerprint density at radius 2 is 1.63 bits per heavy atom. The van der Waals surface area contributed by atoms with E-state index < -0.39 is 0 Å². The summed E-state index contributed by atoms with van der Waals surface area (Å²) < 4.78 is 2.25. The zero-order valence-electron chi connectivity index (χ0n) is 12.2. The van der Waals surface area contributed by atoms with Gasteiger partial charge in [-0.05, 0) is 64.2 Å². The standard InChI is InChI=1S/C16H23Br2N/c1-15(2)8-12(9-16(3,4)10-15)19-14-7-11(17)5-6-13(14)18/h5-7,12,19H,8-10H2,1-4H3. The van der Waals surface area contributed by atoms with Gasteiger partial charge in [0.05, 0.1) is 0 Å². The molecule has 2 rings (SSSR count). The van der Waals surface area contributed by atoms with E-state index in [-0.39, 0.29) is 0 Å². The van der Waals surface area contributed by atoms with Crippen molar-refractivity contribution < 1.29 is 0 Å². The predicted molar refractivity (Wildman–Crippen MR) is 90.7 cm³/mol. The summed E-state index contributed by atoms with van der Waals surface area (Å²) in [7, 11) is 0. The molecule has 1 aromatic rings. The van der Waals surface area contributed by atoms with Crippen LogP contribution in [0.2, 0.25) is 0 Å². The molecular formula is C16H23Br2N. The van der Waals surface area contributed by atoms with Crippen LogP contribution in [-0.4, -0.2) is 6.04 Å². The number of hydrogen-bond acceptors (Lipinski definition) is 1. The third-order valence-electron chi connectivity index (χ3n) is 3.84. The van der Waals surface area contributed by atoms with Gasteiger partial charge in [0.25, 0.3) is 0 Å². The highest BCUT2D eigenvalue weighted by Gasteiger charge is 2.38. The second-order valence-corrected chi connectivity index (χ2v) is 9.15. The molecule has 0 unspecified atom stereocenters. The Kier molecular flexibility index (Phi) is 4.37. The highest BCUT2D eigenvalue weighted by atomic mass is 79.9. The molecule has 1 aliphatic rings. The molecule has 1 N–H and O–H groups in total. The van der Waals surface area contributed by atoms with Crippen LogP contribution in [0.5, 0.6) is 0 Å². The van der Waals surface area contributed by atoms with Gasteiger partial charge < -0.3 is 5.32 Å². The molecule has 1 fully saturated rings. The first-order valence-electron chi connectivity index (χ1n) is 6.89. The maximum absolute atomic E-state index is 3.72. The normalized spacial score (nSPS) is 22.2. The average molecular weight is 389 g/mol. The molecule has 0 atom stereocenters. The summed E-state index contributed by atoms with van der Waals surface area (Å²) in [6.45, 7) is 9.55. The first-order chi connectivity index (χ1) is 8.67. The molecule has 0 bridgehead atoms. The Balaban J connectivity index is 2.16. The second kappa shape index (κ2) is 5.40. The van der Waals surface area contributed by atoms with Crippen LogP contribution < -0.4 is 5.32 Å². The van der Waals surface area contributed by atoms with E-state index in [0.717, 1.165) is 8.95 Å². The summed E-state index contributed by atoms with van der Waals surface area (Å²) in [6.07, 6.45) is 3.77. The maximum Gasteiger partial charge on any atom is 0.0498 e. The van der Waals surface area contributed by atoms with Gasteiger partial charge in [0, 0.05) is 20.7 Å². The summed E-state index contributed by atoms with van der Waals surface area (Å²) in [6, 6.07) is 6.85. The number of rotatable bonds is 2. The molecule has 19 heavy (non-hydrogen) atoms. The third kappa shape index (κ3) is 4.22. The van der Waals surface area contributed by atoms with Crippen LogP contribution in [0.3, 0.4) is 0 Å². The Morgan fingerprint density at radius 3 is 2.21 bits per heavy atom. The van der Waals surface area contributed by atoms with E-state index >= 15 is 0 Å². The van der Waals surface area contributed by atoms with Crippen molar-refractivity contribution in [3.63, 3.8) is 0 Å². The topological polar surface area (TPSA) is 12.0 Å². The van der Waals surface area contributed by atoms with Crippen LogP contribution >= 0.6 is 31.9 Å². The minimum Gasteiger partial charge on any atom is -0.381 e. The lowest BCUT2D eigenvalue weighted by Gasteiger charge is -2.45. The van der Waals surface area contributed by atoms with Crippen molar-refractivity contribution >= 4 is 37.5 Å². The summed E-state index contributed by atoms with van der Waals surface area (Å²) in [5, 5.41) is 3.72. The molecule has 1 nitrogen and oxygen atoms in total. The Labute approximate surface area is 133 Å². The van der Waals surface area contributed by atoms with Gasteiger partial charge in [0.15, 0.2) is 0 Å². The summed E-state index contributed by atoms with van der Waals surface area (Å²) in [5.74, 6) is 0. The van der Waals surface area contributed by atoms with E-state index in [2.05, 4.69) is 83.1 Å². The average Bonchev–Trinajstić information content (AvgIpc) is 2.18. The van der Waals surface area contributed by atoms with E-state index in [9.17, 15) is 0 Å². The molecule has 0 radical (unpaired) electrons. The molecule has 1 aliphatic carbocycles. The molecule has 1 saturated carbocycles. The minimum atomic E-state index is 0.415. The van der Waals surface area contributed by atoms with Crippen molar-refractivity contribution in [2.75, 3.05) is 5.32 Å². The third-order valence-corrected chi connectivity index (χ3v) is 5.03. The number of halogens is 2. The Bertz CT molecular complexity index is 450. The lowest BCUT2D eigenvalue weighted by Crippen LogP contribution is -2.40. The largest absolute Gasteiger partial charge is 0.381 e. The van der Waals surface area contributed by atoms with Crippen LogP contribution in [-0.2, 0) is 0 Å². The van der Waals surface area contributed by atoms with Crippen molar-refractivity contribution in [1.29, 1.82) is 0 Å². The van der Waals surface area contributed by atoms with Crippen molar-refractivity contribution in [3.05, 3.63) is 27.1 Å². The lowest BCUT2D eigenvalue weighted by molar-refractivity contribution is 0.105. The van der Waals surface area contributed by atoms with Crippen LogP contribution in [0.4, 0.5) is 5.69 Å². The van der Waals surface area contributed by atoms with Gasteiger partial charge in [0.2, 0.25) is 0 Å². The van der Waals surface area contributed by atoms with Crippen LogP contribution in [0.1, 0.15) is 47.0 Å². The number of nitrogens with one attached hydrogen (secondary N) is 1. The fourth-order valence-electron chi connectivity index (χ4n) is 3.78. The molecule has 1 aromatic carbocycles. The van der Waals surface area contributed by atoms with E-state index in [1.807, 2.05) is 0 Å². The van der Waals surface area contributed by atoms with Gasteiger partial charge in [0.1, 0.15) is 0 Å². The number of hydrogen-bond donors (Lipinski definition) is 1. The number of benzene rings is 1. The number of anilines is 1. The van der Waals surface area contributed by atoms with Gasteiger partial charge in [-0.15, -0.1) is 0 Å². The molecule has 106 valence electrons. The fourth-order valence-corrected chi connectivity index (χ4v) is 4.50. The maximum atomic E-state index is 3.72. The van der Waals surface area contributed by atoms with E-state index in [0.29, 0.717) is 16.9 Å². The van der Waals surface area contributed by atoms with Crippen molar-refractivity contribution in [2.45, 2.75) is 53.0 Å². The van der Waals surface area contributed by atoms with E-state index in [1.165, 1.54) is 24.9 Å². The molecule has 3 heteroatoms. The zero-order valence-corrected chi connectivity index (χ0v) is 15.4. The molecule has 0 aliphatic heterocycles. The zero-order chi connectivity index (χ0) is 14.3. The van der Waals surface area contributed by atoms with Crippen LogP contribution in [0, 0.1) is 10.8 Å². The highest BCUT2D eigenvalue weighted by Crippen LogP contribution is 2.46. The molecule has 0 heterocycles. The van der Waals surface area contributed by atoms with Crippen molar-refractivity contribution in [2.24, 2.45) is 10.8 Å². The van der Waals surface area contributed by atoms with Crippen molar-refractivity contribution in [3.8, 4) is 0 Å². The molecular weight excluding hydrogens is 366 g/mol. The van der Waals surface area contributed by atoms with Gasteiger partial charge in [-0.3, -0.25) is 0 Å². The fraction of sp³-hybridized carbons (Fsp3) is 0.625. The SMILES string of the molecule is CC1(C)CC(Nc2cc(Br)ccc2Br)CC(C)(C)C1. The van der Waals surface area contributed by atoms with Crippen LogP contribution in [0.15, 0.2) is 27.1 Å². The van der Waals surface area contributed by atoms with Gasteiger partial charge in [-0.2, -0.15) is 0 Å². The highest BCUT2D eigenvalue weighted by molar-refractivity contribution is 9.11. The van der Waals surface area contributed by atoms with Gasteiger partial charge in [-0.1, -0.05) is 43.6 Å². The lowest BCUT2D eigenvalue weighted by atomic mass is 9.63. The quantitative estimate of drug-likeness (QED) is 0.633. The van der Waals surface area contributed by atoms with E-state index in [4.69, 9.17) is 0 Å². The Hall–Kier alpha value is -0.0200. The second-order valence-electron chi connectivity index (χ2n) is 7.38. The minimum absolute atomic E-state index is 0.415. The first-order valence-corrected chi connectivity index (χ1v) is 8.47. The monoisotopic (exact) mass is 387 g/mol. The molecule has 0 saturated heterocycles. The molecule has 0 aromatic heterocycles. The predicted octanol–water partition coefficient (Wildman–Crippen LogP) is 6.23.